The highest BCUT2D eigenvalue weighted by molar-refractivity contribution is 7.51. The minimum Gasteiger partial charge on any atom is -0.333 e. The summed E-state index contributed by atoms with van der Waals surface area (Å²) in [4.78, 5) is 0. The van der Waals surface area contributed by atoms with Crippen molar-refractivity contribution in [2.45, 2.75) is 0 Å². The molecule has 0 aliphatic rings. The zero-order valence-electron chi connectivity index (χ0n) is 2.80. The van der Waals surface area contributed by atoms with Crippen molar-refractivity contribution in [2.24, 2.45) is 5.73 Å². The number of nitrogens with two attached hydrogens (primary N) is 1. The molecular formula is CH5NO2S. The first-order chi connectivity index (χ1) is 2.41. The second-order valence-corrected chi connectivity index (χ2v) is 0.204. The molecule has 0 fully saturated rings. The molecule has 0 aromatic rings. The van der Waals surface area contributed by atoms with Gasteiger partial charge < -0.3 is 5.73 Å². The Kier molecular flexibility index (Phi) is 84.9. The first-order valence-corrected chi connectivity index (χ1v) is 1.58. The molecule has 0 aromatic heterocycles. The molecule has 0 rings (SSSR count). The van der Waals surface area contributed by atoms with Crippen molar-refractivity contribution < 1.29 is 8.42 Å². The van der Waals surface area contributed by atoms with E-state index in [0.29, 0.717) is 0 Å². The lowest BCUT2D eigenvalue weighted by molar-refractivity contribution is 0.630. The zero-order valence-corrected chi connectivity index (χ0v) is 3.62. The fourth-order valence-electron chi connectivity index (χ4n) is 0. The van der Waals surface area contributed by atoms with Crippen LogP contribution in [0.2, 0.25) is 0 Å². The summed E-state index contributed by atoms with van der Waals surface area (Å²) in [6.07, 6.45) is 0. The quantitative estimate of drug-likeness (QED) is 0.415. The summed E-state index contributed by atoms with van der Waals surface area (Å²) in [7, 11) is 1.50. The number of hydrogen-bond acceptors (Lipinski definition) is 3. The monoisotopic (exact) mass is 95.0 g/mol. The Labute approximate surface area is 33.8 Å². The second-order valence-electron chi connectivity index (χ2n) is 0.0680. The molecule has 0 unspecified atom stereocenters. The van der Waals surface area contributed by atoms with E-state index in [2.05, 4.69) is 5.73 Å². The van der Waals surface area contributed by atoms with Crippen LogP contribution in [0.5, 0.6) is 0 Å². The predicted octanol–water partition coefficient (Wildman–Crippen LogP) is -1.10. The van der Waals surface area contributed by atoms with Crippen molar-refractivity contribution >= 4 is 11.6 Å². The van der Waals surface area contributed by atoms with Crippen molar-refractivity contribution in [3.63, 3.8) is 0 Å². The van der Waals surface area contributed by atoms with Gasteiger partial charge in [-0.05, 0) is 7.05 Å². The minimum atomic E-state index is -0.750. The van der Waals surface area contributed by atoms with E-state index >= 15 is 0 Å². The molecule has 0 radical (unpaired) electrons. The van der Waals surface area contributed by atoms with Gasteiger partial charge in [0.15, 0.2) is 0 Å². The Morgan fingerprint density at radius 3 is 1.40 bits per heavy atom. The first-order valence-electron chi connectivity index (χ1n) is 0.911. The van der Waals surface area contributed by atoms with E-state index in [9.17, 15) is 0 Å². The summed E-state index contributed by atoms with van der Waals surface area (Å²) in [6, 6.07) is 0. The molecule has 4 heteroatoms. The van der Waals surface area contributed by atoms with Crippen molar-refractivity contribution in [3.05, 3.63) is 0 Å². The van der Waals surface area contributed by atoms with Crippen LogP contribution in [0.1, 0.15) is 0 Å². The SMILES string of the molecule is CN.O=S=O. The first kappa shape index (κ1) is 8.84. The van der Waals surface area contributed by atoms with E-state index in [1.165, 1.54) is 7.05 Å². The van der Waals surface area contributed by atoms with Crippen LogP contribution in [0, 0.1) is 0 Å². The van der Waals surface area contributed by atoms with E-state index in [4.69, 9.17) is 8.42 Å². The normalized spacial score (nSPS) is 3.60. The summed E-state index contributed by atoms with van der Waals surface area (Å²) in [5.41, 5.74) is 4.50. The molecule has 3 nitrogen and oxygen atoms in total. The minimum absolute atomic E-state index is 0.750. The third-order valence-corrected chi connectivity index (χ3v) is 0. The van der Waals surface area contributed by atoms with Gasteiger partial charge in [-0.1, -0.05) is 0 Å². The maximum absolute atomic E-state index is 8.29. The van der Waals surface area contributed by atoms with E-state index in [1.807, 2.05) is 0 Å². The van der Waals surface area contributed by atoms with Crippen molar-refractivity contribution in [2.75, 3.05) is 7.05 Å². The van der Waals surface area contributed by atoms with Gasteiger partial charge in [0.1, 0.15) is 0 Å². The molecular weight excluding hydrogens is 90.1 g/mol. The lowest BCUT2D eigenvalue weighted by Gasteiger charge is -1.19. The molecule has 2 N–H and O–H groups in total. The van der Waals surface area contributed by atoms with Gasteiger partial charge in [0, 0.05) is 0 Å². The van der Waals surface area contributed by atoms with Crippen LogP contribution < -0.4 is 5.73 Å². The van der Waals surface area contributed by atoms with Gasteiger partial charge in [-0.15, -0.1) is 0 Å². The molecule has 0 saturated carbocycles. The van der Waals surface area contributed by atoms with Crippen LogP contribution in [-0.4, -0.2) is 15.5 Å². The standard InChI is InChI=1S/CH5N.O2S/c1-2;1-3-2/h2H2,1H3;. The summed E-state index contributed by atoms with van der Waals surface area (Å²) in [6.45, 7) is 0. The van der Waals surface area contributed by atoms with E-state index in [-0.39, 0.29) is 0 Å². The van der Waals surface area contributed by atoms with Gasteiger partial charge in [0.25, 0.3) is 0 Å². The highest BCUT2D eigenvalue weighted by Crippen LogP contribution is 0.846. The summed E-state index contributed by atoms with van der Waals surface area (Å²) in [5, 5.41) is 0. The van der Waals surface area contributed by atoms with Gasteiger partial charge in [-0.2, -0.15) is 8.42 Å². The topological polar surface area (TPSA) is 60.2 Å². The molecule has 0 amide bonds. The maximum atomic E-state index is 8.29. The molecule has 32 valence electrons. The lowest BCUT2D eigenvalue weighted by Crippen LogP contribution is -1.69. The third kappa shape index (κ3) is 247. The summed E-state index contributed by atoms with van der Waals surface area (Å²) < 4.78 is 16.6. The van der Waals surface area contributed by atoms with Gasteiger partial charge in [-0.3, -0.25) is 0 Å². The van der Waals surface area contributed by atoms with E-state index < -0.39 is 11.6 Å². The van der Waals surface area contributed by atoms with Crippen LogP contribution >= 0.6 is 0 Å². The van der Waals surface area contributed by atoms with Crippen LogP contribution in [0.15, 0.2) is 0 Å². The van der Waals surface area contributed by atoms with E-state index in [0.717, 1.165) is 0 Å². The van der Waals surface area contributed by atoms with Crippen molar-refractivity contribution in [1.82, 2.24) is 0 Å². The average molecular weight is 95.1 g/mol. The average Bonchev–Trinajstić information content (AvgIpc) is 1.46. The van der Waals surface area contributed by atoms with Gasteiger partial charge in [0.2, 0.25) is 0 Å². The summed E-state index contributed by atoms with van der Waals surface area (Å²) in [5.74, 6) is 0. The molecule has 0 spiro atoms. The Balaban J connectivity index is 0. The van der Waals surface area contributed by atoms with Crippen LogP contribution in [0.25, 0.3) is 0 Å². The fourth-order valence-corrected chi connectivity index (χ4v) is 0. The van der Waals surface area contributed by atoms with Gasteiger partial charge >= 0.3 is 11.6 Å². The van der Waals surface area contributed by atoms with Crippen LogP contribution in [0.3, 0.4) is 0 Å². The van der Waals surface area contributed by atoms with Crippen LogP contribution in [-0.2, 0) is 11.6 Å². The van der Waals surface area contributed by atoms with E-state index in [1.54, 1.807) is 0 Å². The highest BCUT2D eigenvalue weighted by Gasteiger charge is 1.12. The lowest BCUT2D eigenvalue weighted by atomic mass is 11.6. The van der Waals surface area contributed by atoms with Gasteiger partial charge in [-0.25, -0.2) is 0 Å². The Hall–Kier alpha value is -0.220. The molecule has 0 heterocycles. The Morgan fingerprint density at radius 2 is 1.40 bits per heavy atom. The molecule has 0 aliphatic carbocycles. The molecule has 0 atom stereocenters. The predicted molar refractivity (Wildman–Crippen MR) is 19.0 cm³/mol. The van der Waals surface area contributed by atoms with Crippen LogP contribution in [0.4, 0.5) is 0 Å². The summed E-state index contributed by atoms with van der Waals surface area (Å²) >= 11 is -0.750. The van der Waals surface area contributed by atoms with Crippen molar-refractivity contribution in [3.8, 4) is 0 Å². The maximum Gasteiger partial charge on any atom is 0.335 e. The Bertz CT molecular complexity index is 30.6. The molecule has 0 bridgehead atoms. The number of rotatable bonds is 0. The van der Waals surface area contributed by atoms with Gasteiger partial charge in [0.05, 0.1) is 0 Å². The fraction of sp³-hybridized carbons (Fsp3) is 1.00. The smallest absolute Gasteiger partial charge is 0.333 e. The van der Waals surface area contributed by atoms with Crippen molar-refractivity contribution in [1.29, 1.82) is 0 Å². The molecule has 5 heavy (non-hydrogen) atoms. The second kappa shape index (κ2) is 48.0. The zero-order chi connectivity index (χ0) is 4.71. The molecule has 0 aromatic carbocycles. The molecule has 0 aliphatic heterocycles. The highest BCUT2D eigenvalue weighted by atomic mass is 32.1. The Morgan fingerprint density at radius 1 is 1.40 bits per heavy atom. The molecule has 0 saturated heterocycles. The largest absolute Gasteiger partial charge is 0.335 e. The third-order valence-electron chi connectivity index (χ3n) is 0. The number of hydrogen-bond donors (Lipinski definition) is 1.